The van der Waals surface area contributed by atoms with E-state index in [0.29, 0.717) is 18.0 Å². The first kappa shape index (κ1) is 17.1. The maximum absolute atomic E-state index is 12.2. The SMILES string of the molecule is CCCOc1ccc(C(=O)O)cc1NC(=O)NC1CCCCC1. The predicted octanol–water partition coefficient (Wildman–Crippen LogP) is 3.63. The van der Waals surface area contributed by atoms with Crippen LogP contribution in [0.3, 0.4) is 0 Å². The summed E-state index contributed by atoms with van der Waals surface area (Å²) >= 11 is 0. The Morgan fingerprint density at radius 3 is 2.65 bits per heavy atom. The molecule has 2 amide bonds. The molecule has 0 radical (unpaired) electrons. The minimum absolute atomic E-state index is 0.113. The number of carboxylic acid groups (broad SMARTS) is 1. The first-order valence-electron chi connectivity index (χ1n) is 8.17. The summed E-state index contributed by atoms with van der Waals surface area (Å²) in [7, 11) is 0. The third kappa shape index (κ3) is 5.16. The number of ether oxygens (including phenoxy) is 1. The molecule has 1 aromatic carbocycles. The van der Waals surface area contributed by atoms with Crippen molar-refractivity contribution in [2.24, 2.45) is 0 Å². The molecule has 6 nitrogen and oxygen atoms in total. The van der Waals surface area contributed by atoms with Crippen molar-refractivity contribution in [3.8, 4) is 5.75 Å². The van der Waals surface area contributed by atoms with Crippen molar-refractivity contribution >= 4 is 17.7 Å². The van der Waals surface area contributed by atoms with E-state index in [1.807, 2.05) is 6.92 Å². The van der Waals surface area contributed by atoms with Gasteiger partial charge >= 0.3 is 12.0 Å². The molecule has 0 unspecified atom stereocenters. The third-order valence-electron chi connectivity index (χ3n) is 3.88. The van der Waals surface area contributed by atoms with Crippen LogP contribution < -0.4 is 15.4 Å². The summed E-state index contributed by atoms with van der Waals surface area (Å²) in [5.74, 6) is -0.557. The topological polar surface area (TPSA) is 87.7 Å². The molecule has 1 aromatic rings. The van der Waals surface area contributed by atoms with Gasteiger partial charge in [0, 0.05) is 6.04 Å². The van der Waals surface area contributed by atoms with Crippen LogP contribution in [0.2, 0.25) is 0 Å². The molecule has 0 spiro atoms. The average molecular weight is 320 g/mol. The minimum Gasteiger partial charge on any atom is -0.491 e. The second-order valence-corrected chi connectivity index (χ2v) is 5.80. The number of anilines is 1. The van der Waals surface area contributed by atoms with Gasteiger partial charge in [-0.1, -0.05) is 26.2 Å². The Balaban J connectivity index is 2.06. The molecule has 3 N–H and O–H groups in total. The summed E-state index contributed by atoms with van der Waals surface area (Å²) in [4.78, 5) is 23.3. The molecular weight excluding hydrogens is 296 g/mol. The quantitative estimate of drug-likeness (QED) is 0.747. The summed E-state index contributed by atoms with van der Waals surface area (Å²) in [6, 6.07) is 4.34. The Labute approximate surface area is 136 Å². The number of rotatable bonds is 6. The number of hydrogen-bond donors (Lipinski definition) is 3. The molecule has 0 aromatic heterocycles. The van der Waals surface area contributed by atoms with Crippen LogP contribution in [0.5, 0.6) is 5.75 Å². The number of urea groups is 1. The van der Waals surface area contributed by atoms with Gasteiger partial charge < -0.3 is 20.5 Å². The van der Waals surface area contributed by atoms with Crippen molar-refractivity contribution in [3.05, 3.63) is 23.8 Å². The molecule has 1 saturated carbocycles. The van der Waals surface area contributed by atoms with Crippen molar-refractivity contribution < 1.29 is 19.4 Å². The van der Waals surface area contributed by atoms with Crippen LogP contribution in [0.1, 0.15) is 55.8 Å². The smallest absolute Gasteiger partial charge is 0.335 e. The standard InChI is InChI=1S/C17H24N2O4/c1-2-10-23-15-9-8-12(16(20)21)11-14(15)19-17(22)18-13-6-4-3-5-7-13/h8-9,11,13H,2-7,10H2,1H3,(H,20,21)(H2,18,19,22). The van der Waals surface area contributed by atoms with Gasteiger partial charge in [0.2, 0.25) is 0 Å². The molecular formula is C17H24N2O4. The lowest BCUT2D eigenvalue weighted by molar-refractivity contribution is 0.0697. The fourth-order valence-electron chi connectivity index (χ4n) is 2.69. The Bertz CT molecular complexity index is 554. The van der Waals surface area contributed by atoms with E-state index in [2.05, 4.69) is 10.6 Å². The molecule has 0 aliphatic heterocycles. The Morgan fingerprint density at radius 1 is 1.26 bits per heavy atom. The third-order valence-corrected chi connectivity index (χ3v) is 3.88. The highest BCUT2D eigenvalue weighted by molar-refractivity contribution is 5.94. The molecule has 0 atom stereocenters. The van der Waals surface area contributed by atoms with Gasteiger partial charge in [0.15, 0.2) is 0 Å². The Kier molecular flexibility index (Phi) is 6.26. The minimum atomic E-state index is -1.04. The molecule has 126 valence electrons. The molecule has 0 heterocycles. The van der Waals surface area contributed by atoms with Gasteiger partial charge in [-0.2, -0.15) is 0 Å². The summed E-state index contributed by atoms with van der Waals surface area (Å²) in [5.41, 5.74) is 0.494. The number of amides is 2. The fourth-order valence-corrected chi connectivity index (χ4v) is 2.69. The van der Waals surface area contributed by atoms with E-state index in [1.165, 1.54) is 18.6 Å². The van der Waals surface area contributed by atoms with Crippen molar-refractivity contribution in [1.82, 2.24) is 5.32 Å². The largest absolute Gasteiger partial charge is 0.491 e. The van der Waals surface area contributed by atoms with Crippen LogP contribution in [0.4, 0.5) is 10.5 Å². The van der Waals surface area contributed by atoms with Gasteiger partial charge in [-0.15, -0.1) is 0 Å². The Morgan fingerprint density at radius 2 is 2.00 bits per heavy atom. The first-order chi connectivity index (χ1) is 11.1. The number of benzene rings is 1. The van der Waals surface area contributed by atoms with Crippen LogP contribution in [-0.4, -0.2) is 29.8 Å². The van der Waals surface area contributed by atoms with Crippen molar-refractivity contribution in [1.29, 1.82) is 0 Å². The van der Waals surface area contributed by atoms with E-state index < -0.39 is 5.97 Å². The zero-order valence-electron chi connectivity index (χ0n) is 13.4. The number of aromatic carboxylic acids is 1. The summed E-state index contributed by atoms with van der Waals surface area (Å²) in [6.45, 7) is 2.49. The normalized spacial score (nSPS) is 15.0. The van der Waals surface area contributed by atoms with Crippen LogP contribution in [0.25, 0.3) is 0 Å². The molecule has 2 rings (SSSR count). The molecule has 1 aliphatic carbocycles. The monoisotopic (exact) mass is 320 g/mol. The van der Waals surface area contributed by atoms with E-state index in [9.17, 15) is 9.59 Å². The van der Waals surface area contributed by atoms with Crippen molar-refractivity contribution in [2.75, 3.05) is 11.9 Å². The van der Waals surface area contributed by atoms with Gasteiger partial charge in [-0.3, -0.25) is 0 Å². The Hall–Kier alpha value is -2.24. The molecule has 23 heavy (non-hydrogen) atoms. The van der Waals surface area contributed by atoms with Gasteiger partial charge in [-0.25, -0.2) is 9.59 Å². The number of carbonyl (C=O) groups excluding carboxylic acids is 1. The second kappa shape index (κ2) is 8.41. The van der Waals surface area contributed by atoms with E-state index in [1.54, 1.807) is 6.07 Å². The maximum atomic E-state index is 12.2. The highest BCUT2D eigenvalue weighted by Crippen LogP contribution is 2.26. The van der Waals surface area contributed by atoms with Gasteiger partial charge in [0.1, 0.15) is 5.75 Å². The summed E-state index contributed by atoms with van der Waals surface area (Å²) in [6.07, 6.45) is 6.28. The molecule has 0 bridgehead atoms. The molecule has 6 heteroatoms. The lowest BCUT2D eigenvalue weighted by Gasteiger charge is -2.23. The number of carboxylic acids is 1. The van der Waals surface area contributed by atoms with Gasteiger partial charge in [0.25, 0.3) is 0 Å². The van der Waals surface area contributed by atoms with Crippen molar-refractivity contribution in [3.63, 3.8) is 0 Å². The lowest BCUT2D eigenvalue weighted by Crippen LogP contribution is -2.39. The number of nitrogens with one attached hydrogen (secondary N) is 2. The van der Waals surface area contributed by atoms with Crippen LogP contribution in [0.15, 0.2) is 18.2 Å². The van der Waals surface area contributed by atoms with Crippen molar-refractivity contribution in [2.45, 2.75) is 51.5 Å². The predicted molar refractivity (Wildman–Crippen MR) is 88.2 cm³/mol. The number of carbonyl (C=O) groups is 2. The lowest BCUT2D eigenvalue weighted by atomic mass is 9.96. The fraction of sp³-hybridized carbons (Fsp3) is 0.529. The van der Waals surface area contributed by atoms with Gasteiger partial charge in [-0.05, 0) is 37.5 Å². The van der Waals surface area contributed by atoms with E-state index in [-0.39, 0.29) is 17.6 Å². The maximum Gasteiger partial charge on any atom is 0.335 e. The highest BCUT2D eigenvalue weighted by atomic mass is 16.5. The van der Waals surface area contributed by atoms with E-state index in [4.69, 9.17) is 9.84 Å². The summed E-state index contributed by atoms with van der Waals surface area (Å²) in [5, 5.41) is 14.8. The first-order valence-corrected chi connectivity index (χ1v) is 8.17. The van der Waals surface area contributed by atoms with E-state index in [0.717, 1.165) is 32.1 Å². The second-order valence-electron chi connectivity index (χ2n) is 5.80. The molecule has 0 saturated heterocycles. The van der Waals surface area contributed by atoms with Gasteiger partial charge in [0.05, 0.1) is 17.9 Å². The molecule has 1 aliphatic rings. The van der Waals surface area contributed by atoms with E-state index >= 15 is 0 Å². The zero-order valence-corrected chi connectivity index (χ0v) is 13.4. The highest BCUT2D eigenvalue weighted by Gasteiger charge is 2.17. The van der Waals surface area contributed by atoms with Crippen LogP contribution in [-0.2, 0) is 0 Å². The number of hydrogen-bond acceptors (Lipinski definition) is 3. The molecule has 1 fully saturated rings. The average Bonchev–Trinajstić information content (AvgIpc) is 2.54. The van der Waals surface area contributed by atoms with Crippen LogP contribution in [0, 0.1) is 0 Å². The van der Waals surface area contributed by atoms with Crippen LogP contribution >= 0.6 is 0 Å². The zero-order chi connectivity index (χ0) is 16.7. The summed E-state index contributed by atoms with van der Waals surface area (Å²) < 4.78 is 5.58.